The van der Waals surface area contributed by atoms with Crippen molar-refractivity contribution in [2.45, 2.75) is 51.3 Å². The molecule has 0 saturated carbocycles. The average molecular weight is 420 g/mol. The Labute approximate surface area is 172 Å². The molecule has 1 aromatic carbocycles. The summed E-state index contributed by atoms with van der Waals surface area (Å²) in [5, 5.41) is 3.88. The lowest BCUT2D eigenvalue weighted by molar-refractivity contribution is -0.131. The van der Waals surface area contributed by atoms with Crippen molar-refractivity contribution in [3.63, 3.8) is 0 Å². The lowest BCUT2D eigenvalue weighted by Crippen LogP contribution is -2.50. The lowest BCUT2D eigenvalue weighted by Gasteiger charge is -2.34. The number of hydrogen-bond acceptors (Lipinski definition) is 5. The van der Waals surface area contributed by atoms with Crippen molar-refractivity contribution in [3.8, 4) is 0 Å². The maximum absolute atomic E-state index is 13.0. The molecule has 2 heterocycles. The van der Waals surface area contributed by atoms with Gasteiger partial charge in [-0.15, -0.1) is 0 Å². The third-order valence-electron chi connectivity index (χ3n) is 5.80. The summed E-state index contributed by atoms with van der Waals surface area (Å²) in [7, 11) is -3.55. The number of carbonyl (C=O) groups excluding carboxylic acids is 1. The summed E-state index contributed by atoms with van der Waals surface area (Å²) in [6.45, 7) is 9.20. The molecule has 3 rings (SSSR count). The molecule has 1 amide bonds. The van der Waals surface area contributed by atoms with E-state index < -0.39 is 10.0 Å². The highest BCUT2D eigenvalue weighted by Gasteiger charge is 2.30. The molecule has 1 aliphatic heterocycles. The number of aryl methyl sites for hydroxylation is 2. The molecule has 1 saturated heterocycles. The van der Waals surface area contributed by atoms with E-state index in [1.807, 2.05) is 19.1 Å². The maximum Gasteiger partial charge on any atom is 0.243 e. The van der Waals surface area contributed by atoms with Crippen molar-refractivity contribution in [2.24, 2.45) is 0 Å². The fourth-order valence-corrected chi connectivity index (χ4v) is 4.97. The van der Waals surface area contributed by atoms with E-state index in [9.17, 15) is 13.2 Å². The predicted molar refractivity (Wildman–Crippen MR) is 110 cm³/mol. The SMILES string of the molecule is CCC(C)c1ccc(S(=O)(=O)N2CCN(C(=O)Cc3c(C)noc3C)CC2)cc1. The predicted octanol–water partition coefficient (Wildman–Crippen LogP) is 2.88. The zero-order valence-electron chi connectivity index (χ0n) is 17.5. The molecule has 0 spiro atoms. The van der Waals surface area contributed by atoms with Gasteiger partial charge in [-0.3, -0.25) is 4.79 Å². The smallest absolute Gasteiger partial charge is 0.243 e. The number of sulfonamides is 1. The number of piperazine rings is 1. The van der Waals surface area contributed by atoms with Crippen LogP contribution in [0.4, 0.5) is 0 Å². The first-order chi connectivity index (χ1) is 13.7. The molecule has 1 atom stereocenters. The summed E-state index contributed by atoms with van der Waals surface area (Å²) in [6.07, 6.45) is 1.24. The van der Waals surface area contributed by atoms with Crippen LogP contribution in [-0.4, -0.2) is 54.9 Å². The Morgan fingerprint density at radius 1 is 1.14 bits per heavy atom. The molecule has 0 radical (unpaired) electrons. The van der Waals surface area contributed by atoms with Crippen molar-refractivity contribution in [1.29, 1.82) is 0 Å². The van der Waals surface area contributed by atoms with Gasteiger partial charge in [0.15, 0.2) is 0 Å². The molecule has 29 heavy (non-hydrogen) atoms. The van der Waals surface area contributed by atoms with Crippen LogP contribution >= 0.6 is 0 Å². The number of nitrogens with zero attached hydrogens (tertiary/aromatic N) is 3. The number of rotatable bonds is 6. The second-order valence-corrected chi connectivity index (χ2v) is 9.58. The summed E-state index contributed by atoms with van der Waals surface area (Å²) in [5.74, 6) is 1.02. The van der Waals surface area contributed by atoms with E-state index in [1.54, 1.807) is 24.0 Å². The highest BCUT2D eigenvalue weighted by Crippen LogP contribution is 2.23. The fourth-order valence-electron chi connectivity index (χ4n) is 3.55. The number of amides is 1. The number of hydrogen-bond donors (Lipinski definition) is 0. The van der Waals surface area contributed by atoms with Gasteiger partial charge in [0.1, 0.15) is 5.76 Å². The van der Waals surface area contributed by atoms with Crippen molar-refractivity contribution in [1.82, 2.24) is 14.4 Å². The molecule has 2 aromatic rings. The van der Waals surface area contributed by atoms with Gasteiger partial charge in [-0.2, -0.15) is 4.31 Å². The zero-order valence-corrected chi connectivity index (χ0v) is 18.3. The van der Waals surface area contributed by atoms with Crippen molar-refractivity contribution in [2.75, 3.05) is 26.2 Å². The minimum absolute atomic E-state index is 0.0330. The summed E-state index contributed by atoms with van der Waals surface area (Å²) in [6, 6.07) is 7.16. The number of aromatic nitrogens is 1. The van der Waals surface area contributed by atoms with Crippen LogP contribution in [0.15, 0.2) is 33.7 Å². The van der Waals surface area contributed by atoms with Gasteiger partial charge in [-0.05, 0) is 43.9 Å². The van der Waals surface area contributed by atoms with Gasteiger partial charge >= 0.3 is 0 Å². The Morgan fingerprint density at radius 2 is 1.76 bits per heavy atom. The lowest BCUT2D eigenvalue weighted by atomic mass is 9.99. The van der Waals surface area contributed by atoms with Gasteiger partial charge < -0.3 is 9.42 Å². The second-order valence-electron chi connectivity index (χ2n) is 7.64. The summed E-state index contributed by atoms with van der Waals surface area (Å²) in [4.78, 5) is 14.6. The van der Waals surface area contributed by atoms with E-state index in [1.165, 1.54) is 4.31 Å². The first-order valence-corrected chi connectivity index (χ1v) is 11.5. The van der Waals surface area contributed by atoms with E-state index in [2.05, 4.69) is 19.0 Å². The van der Waals surface area contributed by atoms with E-state index >= 15 is 0 Å². The number of benzene rings is 1. The summed E-state index contributed by atoms with van der Waals surface area (Å²) < 4.78 is 32.5. The third-order valence-corrected chi connectivity index (χ3v) is 7.71. The molecule has 0 bridgehead atoms. The molecular formula is C21H29N3O4S. The van der Waals surface area contributed by atoms with E-state index in [0.717, 1.165) is 23.2 Å². The van der Waals surface area contributed by atoms with Crippen molar-refractivity contribution < 1.29 is 17.7 Å². The minimum Gasteiger partial charge on any atom is -0.361 e. The maximum atomic E-state index is 13.0. The molecular weight excluding hydrogens is 390 g/mol. The van der Waals surface area contributed by atoms with Crippen LogP contribution < -0.4 is 0 Å². The second kappa shape index (κ2) is 8.67. The highest BCUT2D eigenvalue weighted by atomic mass is 32.2. The molecule has 1 aromatic heterocycles. The Balaban J connectivity index is 1.62. The van der Waals surface area contributed by atoms with Gasteiger partial charge in [0, 0.05) is 31.7 Å². The van der Waals surface area contributed by atoms with Gasteiger partial charge in [-0.1, -0.05) is 31.1 Å². The van der Waals surface area contributed by atoms with Crippen LogP contribution in [0.5, 0.6) is 0 Å². The third kappa shape index (κ3) is 4.53. The van der Waals surface area contributed by atoms with Gasteiger partial charge in [0.05, 0.1) is 17.0 Å². The molecule has 8 heteroatoms. The van der Waals surface area contributed by atoms with E-state index in [-0.39, 0.29) is 12.3 Å². The first-order valence-electron chi connectivity index (χ1n) is 10.0. The minimum atomic E-state index is -3.55. The normalized spacial score (nSPS) is 16.8. The quantitative estimate of drug-likeness (QED) is 0.719. The van der Waals surface area contributed by atoms with Gasteiger partial charge in [0.2, 0.25) is 15.9 Å². The topological polar surface area (TPSA) is 83.7 Å². The van der Waals surface area contributed by atoms with Crippen LogP contribution in [0.1, 0.15) is 48.8 Å². The molecule has 7 nitrogen and oxygen atoms in total. The monoisotopic (exact) mass is 419 g/mol. The first kappa shape index (κ1) is 21.5. The standard InChI is InChI=1S/C21H29N3O4S/c1-5-15(2)18-6-8-19(9-7-18)29(26,27)24-12-10-23(11-13-24)21(25)14-20-16(3)22-28-17(20)4/h6-9,15H,5,10-14H2,1-4H3. The molecule has 158 valence electrons. The summed E-state index contributed by atoms with van der Waals surface area (Å²) in [5.41, 5.74) is 2.67. The molecule has 1 fully saturated rings. The van der Waals surface area contributed by atoms with Gasteiger partial charge in [-0.25, -0.2) is 8.42 Å². The van der Waals surface area contributed by atoms with E-state index in [4.69, 9.17) is 4.52 Å². The number of carbonyl (C=O) groups is 1. The summed E-state index contributed by atoms with van der Waals surface area (Å²) >= 11 is 0. The Morgan fingerprint density at radius 3 is 2.28 bits per heavy atom. The average Bonchev–Trinajstić information content (AvgIpc) is 3.05. The van der Waals surface area contributed by atoms with Gasteiger partial charge in [0.25, 0.3) is 0 Å². The highest BCUT2D eigenvalue weighted by molar-refractivity contribution is 7.89. The van der Waals surface area contributed by atoms with E-state index in [0.29, 0.717) is 42.8 Å². The molecule has 0 N–H and O–H groups in total. The van der Waals surface area contributed by atoms with Crippen LogP contribution in [0.25, 0.3) is 0 Å². The fraction of sp³-hybridized carbons (Fsp3) is 0.524. The van der Waals surface area contributed by atoms with Crippen LogP contribution in [0.3, 0.4) is 0 Å². The molecule has 1 unspecified atom stereocenters. The van der Waals surface area contributed by atoms with Crippen LogP contribution in [0.2, 0.25) is 0 Å². The van der Waals surface area contributed by atoms with Crippen molar-refractivity contribution >= 4 is 15.9 Å². The molecule has 0 aliphatic carbocycles. The molecule has 1 aliphatic rings. The Kier molecular flexibility index (Phi) is 6.43. The largest absolute Gasteiger partial charge is 0.361 e. The Hall–Kier alpha value is -2.19. The zero-order chi connectivity index (χ0) is 21.2. The Bertz CT molecular complexity index is 939. The van der Waals surface area contributed by atoms with Crippen molar-refractivity contribution in [3.05, 3.63) is 46.8 Å². The van der Waals surface area contributed by atoms with Crippen LogP contribution in [-0.2, 0) is 21.2 Å². The van der Waals surface area contributed by atoms with Crippen LogP contribution in [0, 0.1) is 13.8 Å².